The van der Waals surface area contributed by atoms with Gasteiger partial charge in [-0.25, -0.2) is 0 Å². The molecule has 1 N–H and O–H groups in total. The van der Waals surface area contributed by atoms with E-state index in [-0.39, 0.29) is 6.29 Å². The van der Waals surface area contributed by atoms with Gasteiger partial charge in [-0.2, -0.15) is 0 Å². The van der Waals surface area contributed by atoms with Gasteiger partial charge < -0.3 is 14.6 Å². The Hall–Kier alpha value is -0.610. The number of rotatable bonds is 8. The largest absolute Gasteiger partial charge is 0.481 e. The first-order valence-corrected chi connectivity index (χ1v) is 6.03. The second-order valence-corrected chi connectivity index (χ2v) is 3.33. The fourth-order valence-electron chi connectivity index (χ4n) is 1.04. The Morgan fingerprint density at radius 2 is 1.62 bits per heavy atom. The monoisotopic (exact) mass is 234 g/mol. The molecule has 0 heterocycles. The average Bonchev–Trinajstić information content (AvgIpc) is 2.19. The lowest BCUT2D eigenvalue weighted by molar-refractivity contribution is -0.137. The summed E-state index contributed by atoms with van der Waals surface area (Å²) in [7, 11) is 0. The van der Waals surface area contributed by atoms with Crippen LogP contribution >= 0.6 is 0 Å². The topological polar surface area (TPSA) is 55.8 Å². The number of ether oxygens (including phenoxy) is 2. The zero-order chi connectivity index (χ0) is 12.8. The van der Waals surface area contributed by atoms with Crippen LogP contribution in [0.3, 0.4) is 0 Å². The van der Waals surface area contributed by atoms with Crippen LogP contribution < -0.4 is 0 Å². The van der Waals surface area contributed by atoms with E-state index in [9.17, 15) is 4.79 Å². The standard InChI is InChI=1S/C6H14O2.C6H12O2/c1-4-7-6(3)8-5-2;1-2-3-4-5-6(7)8/h6H,4-5H2,1-3H3;2-5H2,1H3,(H,7,8). The Balaban J connectivity index is 0. The predicted octanol–water partition coefficient (Wildman–Crippen LogP) is 3.06. The number of hydrogen-bond acceptors (Lipinski definition) is 3. The second kappa shape index (κ2) is 14.4. The van der Waals surface area contributed by atoms with Crippen LogP contribution in [-0.4, -0.2) is 30.6 Å². The molecule has 16 heavy (non-hydrogen) atoms. The van der Waals surface area contributed by atoms with Crippen molar-refractivity contribution >= 4 is 5.97 Å². The van der Waals surface area contributed by atoms with E-state index in [0.29, 0.717) is 6.42 Å². The van der Waals surface area contributed by atoms with Crippen LogP contribution in [0.5, 0.6) is 0 Å². The Labute approximate surface area is 98.9 Å². The van der Waals surface area contributed by atoms with Gasteiger partial charge in [0, 0.05) is 19.6 Å². The molecule has 0 rings (SSSR count). The normalized spacial score (nSPS) is 9.81. The van der Waals surface area contributed by atoms with E-state index in [2.05, 4.69) is 6.92 Å². The highest BCUT2D eigenvalue weighted by molar-refractivity contribution is 5.66. The third kappa shape index (κ3) is 19.0. The third-order valence-corrected chi connectivity index (χ3v) is 1.80. The summed E-state index contributed by atoms with van der Waals surface area (Å²) in [6.45, 7) is 9.31. The number of unbranched alkanes of at least 4 members (excludes halogenated alkanes) is 2. The van der Waals surface area contributed by atoms with Gasteiger partial charge in [0.1, 0.15) is 0 Å². The summed E-state index contributed by atoms with van der Waals surface area (Å²) >= 11 is 0. The summed E-state index contributed by atoms with van der Waals surface area (Å²) in [5, 5.41) is 8.14. The number of aliphatic carboxylic acids is 1. The molecule has 0 aliphatic rings. The SMILES string of the molecule is CCCCCC(=O)O.CCOC(C)OCC. The van der Waals surface area contributed by atoms with Gasteiger partial charge in [-0.15, -0.1) is 0 Å². The van der Waals surface area contributed by atoms with Gasteiger partial charge in [-0.3, -0.25) is 4.79 Å². The molecule has 0 bridgehead atoms. The van der Waals surface area contributed by atoms with Crippen LogP contribution in [0.15, 0.2) is 0 Å². The van der Waals surface area contributed by atoms with Crippen molar-refractivity contribution in [2.24, 2.45) is 0 Å². The molecule has 0 aliphatic heterocycles. The molecule has 0 radical (unpaired) electrons. The van der Waals surface area contributed by atoms with E-state index in [1.54, 1.807) is 0 Å². The highest BCUT2D eigenvalue weighted by atomic mass is 16.7. The summed E-state index contributed by atoms with van der Waals surface area (Å²) < 4.78 is 10.1. The lowest BCUT2D eigenvalue weighted by atomic mass is 10.2. The van der Waals surface area contributed by atoms with Gasteiger partial charge in [0.05, 0.1) is 0 Å². The van der Waals surface area contributed by atoms with E-state index < -0.39 is 5.97 Å². The molecule has 0 aliphatic carbocycles. The summed E-state index contributed by atoms with van der Waals surface area (Å²) in [6.07, 6.45) is 3.24. The van der Waals surface area contributed by atoms with Crippen molar-refractivity contribution in [2.45, 2.75) is 59.7 Å². The minimum Gasteiger partial charge on any atom is -0.481 e. The lowest BCUT2D eigenvalue weighted by Gasteiger charge is -2.09. The molecule has 98 valence electrons. The number of carboxylic acids is 1. The molecule has 4 nitrogen and oxygen atoms in total. The maximum atomic E-state index is 9.87. The van der Waals surface area contributed by atoms with Crippen LogP contribution in [0.25, 0.3) is 0 Å². The van der Waals surface area contributed by atoms with E-state index in [1.165, 1.54) is 0 Å². The van der Waals surface area contributed by atoms with Crippen molar-refractivity contribution in [3.63, 3.8) is 0 Å². The van der Waals surface area contributed by atoms with Crippen molar-refractivity contribution in [3.8, 4) is 0 Å². The zero-order valence-electron chi connectivity index (χ0n) is 11.0. The zero-order valence-corrected chi connectivity index (χ0v) is 11.0. The molecule has 0 saturated carbocycles. The first-order chi connectivity index (χ1) is 7.58. The van der Waals surface area contributed by atoms with E-state index >= 15 is 0 Å². The Kier molecular flexibility index (Phi) is 16.0. The van der Waals surface area contributed by atoms with Crippen molar-refractivity contribution in [1.29, 1.82) is 0 Å². The first-order valence-electron chi connectivity index (χ1n) is 6.03. The minimum atomic E-state index is -0.682. The summed E-state index contributed by atoms with van der Waals surface area (Å²) in [4.78, 5) is 9.87. The van der Waals surface area contributed by atoms with E-state index in [0.717, 1.165) is 32.5 Å². The van der Waals surface area contributed by atoms with Crippen LogP contribution in [-0.2, 0) is 14.3 Å². The molecule has 0 aromatic carbocycles. The summed E-state index contributed by atoms with van der Waals surface area (Å²) in [6, 6.07) is 0. The molecule has 0 spiro atoms. The Morgan fingerprint density at radius 1 is 1.12 bits per heavy atom. The summed E-state index contributed by atoms with van der Waals surface area (Å²) in [5.74, 6) is -0.682. The maximum absolute atomic E-state index is 9.87. The van der Waals surface area contributed by atoms with Crippen molar-refractivity contribution in [3.05, 3.63) is 0 Å². The molecule has 4 heteroatoms. The third-order valence-electron chi connectivity index (χ3n) is 1.80. The molecule has 0 amide bonds. The van der Waals surface area contributed by atoms with Gasteiger partial charge in [-0.05, 0) is 27.2 Å². The fourth-order valence-corrected chi connectivity index (χ4v) is 1.04. The maximum Gasteiger partial charge on any atom is 0.303 e. The van der Waals surface area contributed by atoms with Gasteiger partial charge in [0.2, 0.25) is 0 Å². The van der Waals surface area contributed by atoms with Gasteiger partial charge >= 0.3 is 5.97 Å². The quantitative estimate of drug-likeness (QED) is 0.518. The van der Waals surface area contributed by atoms with Crippen LogP contribution in [0.1, 0.15) is 53.4 Å². The fraction of sp³-hybridized carbons (Fsp3) is 0.917. The molecular formula is C12H26O4. The Bertz CT molecular complexity index is 142. The molecule has 0 atom stereocenters. The first kappa shape index (κ1) is 17.8. The lowest BCUT2D eigenvalue weighted by Crippen LogP contribution is -2.11. The minimum absolute atomic E-state index is 0.0370. The van der Waals surface area contributed by atoms with Crippen molar-refractivity contribution in [2.75, 3.05) is 13.2 Å². The smallest absolute Gasteiger partial charge is 0.303 e. The molecule has 0 fully saturated rings. The molecule has 0 aromatic heterocycles. The molecule has 0 saturated heterocycles. The van der Waals surface area contributed by atoms with Crippen LogP contribution in [0.4, 0.5) is 0 Å². The predicted molar refractivity (Wildman–Crippen MR) is 64.5 cm³/mol. The summed E-state index contributed by atoms with van der Waals surface area (Å²) in [5.41, 5.74) is 0. The van der Waals surface area contributed by atoms with E-state index in [1.807, 2.05) is 20.8 Å². The highest BCUT2D eigenvalue weighted by Crippen LogP contribution is 1.97. The molecule has 0 aromatic rings. The Morgan fingerprint density at radius 3 is 1.94 bits per heavy atom. The van der Waals surface area contributed by atoms with Crippen molar-refractivity contribution < 1.29 is 19.4 Å². The molecule has 0 unspecified atom stereocenters. The second-order valence-electron chi connectivity index (χ2n) is 3.33. The van der Waals surface area contributed by atoms with E-state index in [4.69, 9.17) is 14.6 Å². The number of carbonyl (C=O) groups is 1. The molecular weight excluding hydrogens is 208 g/mol. The van der Waals surface area contributed by atoms with Gasteiger partial charge in [0.25, 0.3) is 0 Å². The van der Waals surface area contributed by atoms with Crippen LogP contribution in [0, 0.1) is 0 Å². The van der Waals surface area contributed by atoms with Crippen LogP contribution in [0.2, 0.25) is 0 Å². The van der Waals surface area contributed by atoms with Crippen molar-refractivity contribution in [1.82, 2.24) is 0 Å². The number of carboxylic acid groups (broad SMARTS) is 1. The van der Waals surface area contributed by atoms with Gasteiger partial charge in [-0.1, -0.05) is 19.8 Å². The highest BCUT2D eigenvalue weighted by Gasteiger charge is 1.94. The number of hydrogen-bond donors (Lipinski definition) is 1. The van der Waals surface area contributed by atoms with Gasteiger partial charge in [0.15, 0.2) is 6.29 Å². The average molecular weight is 234 g/mol.